The van der Waals surface area contributed by atoms with Crippen molar-refractivity contribution in [3.8, 4) is 0 Å². The number of benzene rings is 3. The largest absolute Gasteiger partial charge is 0.354 e. The Morgan fingerprint density at radius 1 is 0.844 bits per heavy atom. The van der Waals surface area contributed by atoms with Gasteiger partial charge in [0, 0.05) is 35.6 Å². The molecule has 0 aliphatic rings. The standard InChI is InChI=1S/C24H26FN5O2/c1-3-30(4-2)24(32)16-5-10-20(11-6-16)28-23(31)17-7-14-21(29-26)22(15-17)27-19-12-8-18(25)9-13-19/h5-15,27,29H,3-4,26H2,1-2H3,(H,28,31). The summed E-state index contributed by atoms with van der Waals surface area (Å²) in [4.78, 5) is 26.9. The number of nitrogens with zero attached hydrogens (tertiary/aromatic N) is 1. The minimum absolute atomic E-state index is 0.0470. The number of hydrazine groups is 1. The van der Waals surface area contributed by atoms with E-state index < -0.39 is 0 Å². The molecule has 0 bridgehead atoms. The van der Waals surface area contributed by atoms with Gasteiger partial charge in [0.25, 0.3) is 11.8 Å². The number of hydrogen-bond acceptors (Lipinski definition) is 5. The summed E-state index contributed by atoms with van der Waals surface area (Å²) in [7, 11) is 0. The molecule has 0 radical (unpaired) electrons. The van der Waals surface area contributed by atoms with Crippen LogP contribution in [0.5, 0.6) is 0 Å². The first kappa shape index (κ1) is 22.8. The third kappa shape index (κ3) is 5.41. The van der Waals surface area contributed by atoms with Gasteiger partial charge in [-0.15, -0.1) is 0 Å². The number of nitrogens with one attached hydrogen (secondary N) is 3. The maximum Gasteiger partial charge on any atom is 0.255 e. The molecule has 166 valence electrons. The number of rotatable bonds is 8. The summed E-state index contributed by atoms with van der Waals surface area (Å²) < 4.78 is 13.2. The summed E-state index contributed by atoms with van der Waals surface area (Å²) in [5, 5.41) is 5.94. The molecule has 0 aliphatic heterocycles. The third-order valence-electron chi connectivity index (χ3n) is 5.00. The predicted molar refractivity (Wildman–Crippen MR) is 126 cm³/mol. The zero-order valence-electron chi connectivity index (χ0n) is 18.0. The molecule has 0 atom stereocenters. The highest BCUT2D eigenvalue weighted by atomic mass is 19.1. The molecule has 0 aliphatic carbocycles. The van der Waals surface area contributed by atoms with Crippen molar-refractivity contribution in [2.75, 3.05) is 29.1 Å². The van der Waals surface area contributed by atoms with Gasteiger partial charge in [-0.3, -0.25) is 15.4 Å². The molecule has 3 aromatic carbocycles. The highest BCUT2D eigenvalue weighted by Crippen LogP contribution is 2.27. The smallest absolute Gasteiger partial charge is 0.255 e. The van der Waals surface area contributed by atoms with Crippen LogP contribution in [0.15, 0.2) is 66.7 Å². The van der Waals surface area contributed by atoms with Crippen molar-refractivity contribution in [2.45, 2.75) is 13.8 Å². The summed E-state index contributed by atoms with van der Waals surface area (Å²) in [6.07, 6.45) is 0. The van der Waals surface area contributed by atoms with E-state index in [9.17, 15) is 14.0 Å². The average Bonchev–Trinajstić information content (AvgIpc) is 2.81. The first-order valence-corrected chi connectivity index (χ1v) is 10.3. The molecule has 32 heavy (non-hydrogen) atoms. The number of halogens is 1. The van der Waals surface area contributed by atoms with Crippen molar-refractivity contribution in [1.82, 2.24) is 4.90 Å². The number of nitrogen functional groups attached to an aromatic ring is 1. The lowest BCUT2D eigenvalue weighted by molar-refractivity contribution is 0.0773. The molecular formula is C24H26FN5O2. The zero-order chi connectivity index (χ0) is 23.1. The summed E-state index contributed by atoms with van der Waals surface area (Å²) in [6.45, 7) is 5.13. The topological polar surface area (TPSA) is 99.5 Å². The van der Waals surface area contributed by atoms with Crippen molar-refractivity contribution < 1.29 is 14.0 Å². The Morgan fingerprint density at radius 3 is 2.03 bits per heavy atom. The molecule has 0 spiro atoms. The van der Waals surface area contributed by atoms with Crippen LogP contribution in [0.4, 0.5) is 27.1 Å². The van der Waals surface area contributed by atoms with Crippen LogP contribution < -0.4 is 21.9 Å². The fourth-order valence-electron chi connectivity index (χ4n) is 3.20. The van der Waals surface area contributed by atoms with Gasteiger partial charge >= 0.3 is 0 Å². The van der Waals surface area contributed by atoms with E-state index in [1.54, 1.807) is 59.5 Å². The van der Waals surface area contributed by atoms with Crippen molar-refractivity contribution in [3.63, 3.8) is 0 Å². The Balaban J connectivity index is 1.74. The molecule has 3 aromatic rings. The fourth-order valence-corrected chi connectivity index (χ4v) is 3.20. The Kier molecular flexibility index (Phi) is 7.41. The van der Waals surface area contributed by atoms with Crippen LogP contribution in [-0.2, 0) is 0 Å². The Hall–Kier alpha value is -3.91. The lowest BCUT2D eigenvalue weighted by Crippen LogP contribution is -2.30. The number of carbonyl (C=O) groups is 2. The van der Waals surface area contributed by atoms with E-state index in [1.165, 1.54) is 12.1 Å². The lowest BCUT2D eigenvalue weighted by atomic mass is 10.1. The van der Waals surface area contributed by atoms with E-state index in [0.717, 1.165) is 0 Å². The van der Waals surface area contributed by atoms with Gasteiger partial charge in [0.2, 0.25) is 0 Å². The van der Waals surface area contributed by atoms with Crippen LogP contribution >= 0.6 is 0 Å². The number of anilines is 4. The van der Waals surface area contributed by atoms with Gasteiger partial charge < -0.3 is 21.0 Å². The monoisotopic (exact) mass is 435 g/mol. The Morgan fingerprint density at radius 2 is 1.44 bits per heavy atom. The second-order valence-corrected chi connectivity index (χ2v) is 7.05. The minimum Gasteiger partial charge on any atom is -0.354 e. The Labute approximate surface area is 186 Å². The number of carbonyl (C=O) groups excluding carboxylic acids is 2. The van der Waals surface area contributed by atoms with E-state index in [-0.39, 0.29) is 17.6 Å². The van der Waals surface area contributed by atoms with Gasteiger partial charge in [0.05, 0.1) is 11.4 Å². The summed E-state index contributed by atoms with van der Waals surface area (Å²) in [5.74, 6) is 4.87. The van der Waals surface area contributed by atoms with Crippen LogP contribution in [0.25, 0.3) is 0 Å². The normalized spacial score (nSPS) is 10.4. The van der Waals surface area contributed by atoms with E-state index >= 15 is 0 Å². The molecule has 0 unspecified atom stereocenters. The molecule has 2 amide bonds. The van der Waals surface area contributed by atoms with E-state index in [1.807, 2.05) is 13.8 Å². The fraction of sp³-hybridized carbons (Fsp3) is 0.167. The quantitative estimate of drug-likeness (QED) is 0.306. The molecule has 7 nitrogen and oxygen atoms in total. The molecule has 3 rings (SSSR count). The molecule has 0 heterocycles. The van der Waals surface area contributed by atoms with Gasteiger partial charge in [-0.05, 0) is 80.6 Å². The van der Waals surface area contributed by atoms with Crippen LogP contribution in [-0.4, -0.2) is 29.8 Å². The maximum atomic E-state index is 13.2. The van der Waals surface area contributed by atoms with Crippen LogP contribution in [0, 0.1) is 5.82 Å². The summed E-state index contributed by atoms with van der Waals surface area (Å²) >= 11 is 0. The maximum absolute atomic E-state index is 13.2. The zero-order valence-corrected chi connectivity index (χ0v) is 18.0. The second-order valence-electron chi connectivity index (χ2n) is 7.05. The summed E-state index contributed by atoms with van der Waals surface area (Å²) in [6, 6.07) is 17.6. The molecule has 0 aromatic heterocycles. The second kappa shape index (κ2) is 10.4. The van der Waals surface area contributed by atoms with Crippen molar-refractivity contribution >= 4 is 34.6 Å². The van der Waals surface area contributed by atoms with Crippen LogP contribution in [0.2, 0.25) is 0 Å². The molecule has 0 saturated heterocycles. The number of hydrogen-bond donors (Lipinski definition) is 4. The molecule has 5 N–H and O–H groups in total. The van der Waals surface area contributed by atoms with E-state index in [4.69, 9.17) is 5.84 Å². The minimum atomic E-state index is -0.342. The Bertz CT molecular complexity index is 1080. The van der Waals surface area contributed by atoms with Gasteiger partial charge in [-0.1, -0.05) is 0 Å². The highest BCUT2D eigenvalue weighted by molar-refractivity contribution is 6.06. The highest BCUT2D eigenvalue weighted by Gasteiger charge is 2.14. The average molecular weight is 436 g/mol. The van der Waals surface area contributed by atoms with Crippen molar-refractivity contribution in [1.29, 1.82) is 0 Å². The van der Waals surface area contributed by atoms with Crippen LogP contribution in [0.3, 0.4) is 0 Å². The van der Waals surface area contributed by atoms with Gasteiger partial charge in [0.1, 0.15) is 5.82 Å². The lowest BCUT2D eigenvalue weighted by Gasteiger charge is -2.18. The van der Waals surface area contributed by atoms with E-state index in [2.05, 4.69) is 16.1 Å². The van der Waals surface area contributed by atoms with Gasteiger partial charge in [-0.25, -0.2) is 4.39 Å². The molecule has 8 heteroatoms. The first-order chi connectivity index (χ1) is 15.4. The van der Waals surface area contributed by atoms with Crippen LogP contribution in [0.1, 0.15) is 34.6 Å². The predicted octanol–water partition coefficient (Wildman–Crippen LogP) is 4.59. The van der Waals surface area contributed by atoms with Gasteiger partial charge in [0.15, 0.2) is 0 Å². The number of amides is 2. The molecule has 0 fully saturated rings. The van der Waals surface area contributed by atoms with Crippen molar-refractivity contribution in [3.05, 3.63) is 83.7 Å². The molecule has 0 saturated carbocycles. The van der Waals surface area contributed by atoms with Crippen molar-refractivity contribution in [2.24, 2.45) is 5.84 Å². The third-order valence-corrected chi connectivity index (χ3v) is 5.00. The number of nitrogens with two attached hydrogens (primary N) is 1. The first-order valence-electron chi connectivity index (χ1n) is 10.3. The van der Waals surface area contributed by atoms with Gasteiger partial charge in [-0.2, -0.15) is 0 Å². The van der Waals surface area contributed by atoms with E-state index in [0.29, 0.717) is 47.0 Å². The molecular weight excluding hydrogens is 409 g/mol. The summed E-state index contributed by atoms with van der Waals surface area (Å²) in [5.41, 5.74) is 5.89. The SMILES string of the molecule is CCN(CC)C(=O)c1ccc(NC(=O)c2ccc(NN)c(Nc3ccc(F)cc3)c2)cc1.